The molecule has 0 atom stereocenters. The maximum absolute atomic E-state index is 11.9. The summed E-state index contributed by atoms with van der Waals surface area (Å²) in [6.45, 7) is 3.31. The summed E-state index contributed by atoms with van der Waals surface area (Å²) in [6.07, 6.45) is 3.78. The molecule has 112 valence electrons. The van der Waals surface area contributed by atoms with Crippen molar-refractivity contribution in [2.45, 2.75) is 20.0 Å². The number of rotatable bonds is 5. The van der Waals surface area contributed by atoms with E-state index in [1.54, 1.807) is 6.20 Å². The zero-order valence-electron chi connectivity index (χ0n) is 12.3. The first-order chi connectivity index (χ1) is 10.7. The van der Waals surface area contributed by atoms with Crippen LogP contribution in [0.5, 0.6) is 0 Å². The van der Waals surface area contributed by atoms with Crippen molar-refractivity contribution >= 4 is 17.2 Å². The van der Waals surface area contributed by atoms with Gasteiger partial charge < -0.3 is 9.88 Å². The lowest BCUT2D eigenvalue weighted by atomic mass is 10.1. The molecule has 0 aliphatic heterocycles. The normalized spacial score (nSPS) is 10.6. The highest BCUT2D eigenvalue weighted by atomic mass is 32.1. The zero-order chi connectivity index (χ0) is 15.4. The summed E-state index contributed by atoms with van der Waals surface area (Å²) in [5.74, 6) is 0.966. The number of imidazole rings is 1. The van der Waals surface area contributed by atoms with E-state index in [9.17, 15) is 4.79 Å². The molecule has 0 aliphatic carbocycles. The minimum atomic E-state index is -0.0305. The van der Waals surface area contributed by atoms with Crippen LogP contribution in [0.1, 0.15) is 27.3 Å². The highest BCUT2D eigenvalue weighted by Crippen LogP contribution is 2.10. The van der Waals surface area contributed by atoms with Gasteiger partial charge in [0.1, 0.15) is 5.82 Å². The lowest BCUT2D eigenvalue weighted by Crippen LogP contribution is -2.22. The third kappa shape index (κ3) is 3.43. The monoisotopic (exact) mass is 311 g/mol. The van der Waals surface area contributed by atoms with Crippen LogP contribution in [0, 0.1) is 6.92 Å². The van der Waals surface area contributed by atoms with E-state index in [-0.39, 0.29) is 5.91 Å². The largest absolute Gasteiger partial charge is 0.348 e. The number of amides is 1. The molecule has 2 aromatic heterocycles. The van der Waals surface area contributed by atoms with Crippen molar-refractivity contribution in [3.8, 4) is 0 Å². The molecule has 1 N–H and O–H groups in total. The second kappa shape index (κ2) is 6.58. The summed E-state index contributed by atoms with van der Waals surface area (Å²) in [7, 11) is 0. The highest BCUT2D eigenvalue weighted by Gasteiger charge is 2.05. The number of thiophene rings is 1. The van der Waals surface area contributed by atoms with E-state index in [0.29, 0.717) is 6.54 Å². The number of nitrogens with one attached hydrogen (secondary N) is 1. The fraction of sp³-hybridized carbons (Fsp3) is 0.176. The van der Waals surface area contributed by atoms with Crippen molar-refractivity contribution < 1.29 is 4.79 Å². The smallest absolute Gasteiger partial charge is 0.252 e. The van der Waals surface area contributed by atoms with Crippen LogP contribution in [0.15, 0.2) is 53.5 Å². The van der Waals surface area contributed by atoms with Gasteiger partial charge in [0, 0.05) is 36.4 Å². The molecule has 1 amide bonds. The molecule has 1 aromatic carbocycles. The predicted molar refractivity (Wildman–Crippen MR) is 88.0 cm³/mol. The minimum Gasteiger partial charge on any atom is -0.348 e. The number of carbonyl (C=O) groups excluding carboxylic acids is 1. The average Bonchev–Trinajstić information content (AvgIpc) is 3.18. The van der Waals surface area contributed by atoms with E-state index < -0.39 is 0 Å². The first-order valence-electron chi connectivity index (χ1n) is 7.08. The molecule has 0 unspecified atom stereocenters. The first-order valence-corrected chi connectivity index (χ1v) is 8.02. The van der Waals surface area contributed by atoms with Crippen molar-refractivity contribution in [2.24, 2.45) is 0 Å². The van der Waals surface area contributed by atoms with Gasteiger partial charge in [-0.25, -0.2) is 4.98 Å². The molecule has 0 spiro atoms. The van der Waals surface area contributed by atoms with Crippen LogP contribution in [0.25, 0.3) is 0 Å². The Morgan fingerprint density at radius 2 is 2.18 bits per heavy atom. The second-order valence-corrected chi connectivity index (χ2v) is 5.90. The van der Waals surface area contributed by atoms with Crippen LogP contribution in [-0.4, -0.2) is 15.5 Å². The third-order valence-electron chi connectivity index (χ3n) is 3.50. The molecule has 3 aromatic rings. The number of nitrogens with zero attached hydrogens (tertiary/aromatic N) is 2. The van der Waals surface area contributed by atoms with Crippen LogP contribution in [0.4, 0.5) is 0 Å². The third-order valence-corrected chi connectivity index (χ3v) is 4.19. The molecule has 0 bridgehead atoms. The van der Waals surface area contributed by atoms with Gasteiger partial charge in [-0.05, 0) is 29.5 Å². The first kappa shape index (κ1) is 14.5. The fourth-order valence-electron chi connectivity index (χ4n) is 2.28. The standard InChI is InChI=1S/C17H17N3OS/c1-13-18-6-7-20(13)11-15-4-2-3-14(9-15)10-19-17(21)16-5-8-22-12-16/h2-9,12H,10-11H2,1H3,(H,19,21). The summed E-state index contributed by atoms with van der Waals surface area (Å²) in [5, 5.41) is 6.71. The van der Waals surface area contributed by atoms with Gasteiger partial charge in [0.2, 0.25) is 0 Å². The van der Waals surface area contributed by atoms with Gasteiger partial charge in [-0.2, -0.15) is 11.3 Å². The summed E-state index contributed by atoms with van der Waals surface area (Å²) in [6, 6.07) is 10.1. The summed E-state index contributed by atoms with van der Waals surface area (Å²) >= 11 is 1.53. The Morgan fingerprint density at radius 1 is 1.32 bits per heavy atom. The van der Waals surface area contributed by atoms with Gasteiger partial charge in [-0.15, -0.1) is 0 Å². The lowest BCUT2D eigenvalue weighted by Gasteiger charge is -2.08. The SMILES string of the molecule is Cc1nccn1Cc1cccc(CNC(=O)c2ccsc2)c1. The van der Waals surface area contributed by atoms with Gasteiger partial charge in [-0.3, -0.25) is 4.79 Å². The maximum Gasteiger partial charge on any atom is 0.252 e. The Morgan fingerprint density at radius 3 is 2.91 bits per heavy atom. The summed E-state index contributed by atoms with van der Waals surface area (Å²) in [5.41, 5.74) is 3.01. The van der Waals surface area contributed by atoms with Crippen LogP contribution >= 0.6 is 11.3 Å². The molecule has 4 nitrogen and oxygen atoms in total. The van der Waals surface area contributed by atoms with E-state index in [2.05, 4.69) is 27.0 Å². The number of hydrogen-bond donors (Lipinski definition) is 1. The van der Waals surface area contributed by atoms with Crippen LogP contribution < -0.4 is 5.32 Å². The van der Waals surface area contributed by atoms with Gasteiger partial charge in [0.05, 0.1) is 0 Å². The van der Waals surface area contributed by atoms with E-state index >= 15 is 0 Å². The Kier molecular flexibility index (Phi) is 4.34. The van der Waals surface area contributed by atoms with Crippen molar-refractivity contribution in [3.05, 3.63) is 76.0 Å². The number of aryl methyl sites for hydroxylation is 1. The number of carbonyl (C=O) groups is 1. The molecular formula is C17H17N3OS. The van der Waals surface area contributed by atoms with E-state index in [1.165, 1.54) is 16.9 Å². The Balaban J connectivity index is 1.64. The van der Waals surface area contributed by atoms with Crippen LogP contribution in [0.3, 0.4) is 0 Å². The molecule has 2 heterocycles. The minimum absolute atomic E-state index is 0.0305. The van der Waals surface area contributed by atoms with Crippen molar-refractivity contribution in [3.63, 3.8) is 0 Å². The number of benzene rings is 1. The molecular weight excluding hydrogens is 294 g/mol. The fourth-order valence-corrected chi connectivity index (χ4v) is 2.92. The molecule has 0 aliphatic rings. The molecule has 3 rings (SSSR count). The second-order valence-electron chi connectivity index (χ2n) is 5.12. The molecule has 5 heteroatoms. The van der Waals surface area contributed by atoms with Gasteiger partial charge in [0.25, 0.3) is 5.91 Å². The van der Waals surface area contributed by atoms with E-state index in [0.717, 1.165) is 23.5 Å². The number of hydrogen-bond acceptors (Lipinski definition) is 3. The Labute approximate surface area is 133 Å². The topological polar surface area (TPSA) is 46.9 Å². The zero-order valence-corrected chi connectivity index (χ0v) is 13.1. The van der Waals surface area contributed by atoms with E-state index in [4.69, 9.17) is 0 Å². The molecule has 22 heavy (non-hydrogen) atoms. The van der Waals surface area contributed by atoms with Crippen LogP contribution in [0.2, 0.25) is 0 Å². The Hall–Kier alpha value is -2.40. The van der Waals surface area contributed by atoms with Crippen molar-refractivity contribution in [1.82, 2.24) is 14.9 Å². The van der Waals surface area contributed by atoms with Gasteiger partial charge in [0.15, 0.2) is 0 Å². The molecule has 0 saturated carbocycles. The highest BCUT2D eigenvalue weighted by molar-refractivity contribution is 7.08. The number of aromatic nitrogens is 2. The molecule has 0 fully saturated rings. The predicted octanol–water partition coefficient (Wildman–Crippen LogP) is 3.23. The van der Waals surface area contributed by atoms with Crippen molar-refractivity contribution in [2.75, 3.05) is 0 Å². The lowest BCUT2D eigenvalue weighted by molar-refractivity contribution is 0.0951. The quantitative estimate of drug-likeness (QED) is 0.786. The summed E-state index contributed by atoms with van der Waals surface area (Å²) < 4.78 is 2.10. The average molecular weight is 311 g/mol. The maximum atomic E-state index is 11.9. The molecule has 0 radical (unpaired) electrons. The van der Waals surface area contributed by atoms with Crippen molar-refractivity contribution in [1.29, 1.82) is 0 Å². The van der Waals surface area contributed by atoms with Gasteiger partial charge >= 0.3 is 0 Å². The van der Waals surface area contributed by atoms with E-state index in [1.807, 2.05) is 42.1 Å². The summed E-state index contributed by atoms with van der Waals surface area (Å²) in [4.78, 5) is 16.2. The van der Waals surface area contributed by atoms with Crippen LogP contribution in [-0.2, 0) is 13.1 Å². The molecule has 0 saturated heterocycles. The van der Waals surface area contributed by atoms with Gasteiger partial charge in [-0.1, -0.05) is 24.3 Å². The Bertz CT molecular complexity index is 762.